The summed E-state index contributed by atoms with van der Waals surface area (Å²) >= 11 is 5.58. The Balaban J connectivity index is 3.16. The molecule has 100 valence electrons. The minimum Gasteiger partial charge on any atom is -0.462 e. The van der Waals surface area contributed by atoms with E-state index in [9.17, 15) is 13.6 Å². The van der Waals surface area contributed by atoms with Crippen molar-refractivity contribution < 1.29 is 18.3 Å². The van der Waals surface area contributed by atoms with Crippen LogP contribution in [0.4, 0.5) is 8.78 Å². The van der Waals surface area contributed by atoms with Gasteiger partial charge in [-0.15, -0.1) is 11.6 Å². The number of rotatable bonds is 6. The zero-order chi connectivity index (χ0) is 13.5. The molecular weight excluding hydrogens is 262 g/mol. The molecule has 2 nitrogen and oxygen atoms in total. The zero-order valence-electron chi connectivity index (χ0n) is 10.1. The second kappa shape index (κ2) is 7.31. The molecular formula is C13H15ClF2O2. The summed E-state index contributed by atoms with van der Waals surface area (Å²) in [5, 5.41) is 0. The second-order valence-electron chi connectivity index (χ2n) is 3.70. The number of carbonyl (C=O) groups is 1. The van der Waals surface area contributed by atoms with E-state index in [1.165, 1.54) is 12.1 Å². The molecule has 1 aromatic carbocycles. The SMILES string of the molecule is CCOC(=O)c1c(CCCCl)cccc1C(F)F. The topological polar surface area (TPSA) is 26.3 Å². The van der Waals surface area contributed by atoms with Crippen LogP contribution in [-0.2, 0) is 11.2 Å². The summed E-state index contributed by atoms with van der Waals surface area (Å²) in [6, 6.07) is 4.43. The van der Waals surface area contributed by atoms with Crippen LogP contribution in [0.15, 0.2) is 18.2 Å². The molecule has 18 heavy (non-hydrogen) atoms. The molecule has 0 saturated carbocycles. The van der Waals surface area contributed by atoms with Gasteiger partial charge in [-0.05, 0) is 25.3 Å². The van der Waals surface area contributed by atoms with Crippen LogP contribution in [-0.4, -0.2) is 18.5 Å². The molecule has 0 amide bonds. The fraction of sp³-hybridized carbons (Fsp3) is 0.462. The van der Waals surface area contributed by atoms with E-state index < -0.39 is 12.4 Å². The van der Waals surface area contributed by atoms with E-state index in [-0.39, 0.29) is 17.7 Å². The zero-order valence-corrected chi connectivity index (χ0v) is 10.8. The van der Waals surface area contributed by atoms with Crippen LogP contribution >= 0.6 is 11.6 Å². The van der Waals surface area contributed by atoms with Crippen LogP contribution in [0.2, 0.25) is 0 Å². The second-order valence-corrected chi connectivity index (χ2v) is 4.07. The van der Waals surface area contributed by atoms with Gasteiger partial charge in [0.1, 0.15) is 0 Å². The number of halogens is 3. The quantitative estimate of drug-likeness (QED) is 0.580. The number of alkyl halides is 3. The minimum absolute atomic E-state index is 0.0144. The van der Waals surface area contributed by atoms with Gasteiger partial charge in [-0.1, -0.05) is 18.2 Å². The molecule has 1 aromatic rings. The highest BCUT2D eigenvalue weighted by Gasteiger charge is 2.22. The van der Waals surface area contributed by atoms with Crippen molar-refractivity contribution in [2.45, 2.75) is 26.2 Å². The first-order valence-electron chi connectivity index (χ1n) is 5.74. The largest absolute Gasteiger partial charge is 0.462 e. The first kappa shape index (κ1) is 14.9. The molecule has 0 aliphatic heterocycles. The standard InChI is InChI=1S/C13H15ClF2O2/c1-2-18-13(17)11-9(6-4-8-14)5-3-7-10(11)12(15)16/h3,5,7,12H,2,4,6,8H2,1H3. The van der Waals surface area contributed by atoms with E-state index in [0.717, 1.165) is 0 Å². The van der Waals surface area contributed by atoms with Gasteiger partial charge in [-0.2, -0.15) is 0 Å². The summed E-state index contributed by atoms with van der Waals surface area (Å²) in [6.45, 7) is 1.80. The summed E-state index contributed by atoms with van der Waals surface area (Å²) in [5.74, 6) is -0.278. The lowest BCUT2D eigenvalue weighted by atomic mass is 9.98. The van der Waals surface area contributed by atoms with Crippen LogP contribution in [0.1, 0.15) is 41.3 Å². The number of ether oxygens (including phenoxy) is 1. The molecule has 0 bridgehead atoms. The summed E-state index contributed by atoms with van der Waals surface area (Å²) in [5.41, 5.74) is 0.270. The molecule has 0 radical (unpaired) electrons. The molecule has 0 aliphatic carbocycles. The highest BCUT2D eigenvalue weighted by atomic mass is 35.5. The first-order chi connectivity index (χ1) is 8.61. The lowest BCUT2D eigenvalue weighted by Crippen LogP contribution is -2.12. The number of hydrogen-bond acceptors (Lipinski definition) is 2. The first-order valence-corrected chi connectivity index (χ1v) is 6.28. The average Bonchev–Trinajstić information content (AvgIpc) is 2.35. The van der Waals surface area contributed by atoms with E-state index in [2.05, 4.69) is 0 Å². The molecule has 0 atom stereocenters. The van der Waals surface area contributed by atoms with Crippen LogP contribution in [0, 0.1) is 0 Å². The van der Waals surface area contributed by atoms with Crippen molar-refractivity contribution in [3.8, 4) is 0 Å². The van der Waals surface area contributed by atoms with Gasteiger partial charge in [0.05, 0.1) is 12.2 Å². The van der Waals surface area contributed by atoms with Crippen molar-refractivity contribution in [2.24, 2.45) is 0 Å². The van der Waals surface area contributed by atoms with E-state index in [4.69, 9.17) is 16.3 Å². The van der Waals surface area contributed by atoms with Gasteiger partial charge < -0.3 is 4.74 Å². The lowest BCUT2D eigenvalue weighted by Gasteiger charge is -2.13. The van der Waals surface area contributed by atoms with E-state index in [1.807, 2.05) is 0 Å². The van der Waals surface area contributed by atoms with Crippen LogP contribution in [0.25, 0.3) is 0 Å². The summed E-state index contributed by atoms with van der Waals surface area (Å²) in [7, 11) is 0. The van der Waals surface area contributed by atoms with Crippen LogP contribution < -0.4 is 0 Å². The monoisotopic (exact) mass is 276 g/mol. The highest BCUT2D eigenvalue weighted by Crippen LogP contribution is 2.27. The molecule has 0 fully saturated rings. The fourth-order valence-electron chi connectivity index (χ4n) is 1.72. The van der Waals surface area contributed by atoms with Crippen molar-refractivity contribution >= 4 is 17.6 Å². The lowest BCUT2D eigenvalue weighted by molar-refractivity contribution is 0.0514. The minimum atomic E-state index is -2.69. The van der Waals surface area contributed by atoms with Gasteiger partial charge in [0.25, 0.3) is 6.43 Å². The van der Waals surface area contributed by atoms with E-state index >= 15 is 0 Å². The molecule has 0 aliphatic rings. The van der Waals surface area contributed by atoms with Crippen LogP contribution in [0.3, 0.4) is 0 Å². The third kappa shape index (κ3) is 3.67. The Kier molecular flexibility index (Phi) is 6.05. The molecule has 1 rings (SSSR count). The van der Waals surface area contributed by atoms with Crippen molar-refractivity contribution in [2.75, 3.05) is 12.5 Å². The van der Waals surface area contributed by atoms with Gasteiger partial charge in [0.2, 0.25) is 0 Å². The van der Waals surface area contributed by atoms with Gasteiger partial charge in [-0.3, -0.25) is 0 Å². The van der Waals surface area contributed by atoms with Gasteiger partial charge in [-0.25, -0.2) is 13.6 Å². The molecule has 0 saturated heterocycles. The third-order valence-corrected chi connectivity index (χ3v) is 2.74. The number of esters is 1. The summed E-state index contributed by atoms with van der Waals surface area (Å²) in [4.78, 5) is 11.8. The van der Waals surface area contributed by atoms with Gasteiger partial charge in [0.15, 0.2) is 0 Å². The maximum absolute atomic E-state index is 12.9. The maximum Gasteiger partial charge on any atom is 0.338 e. The number of benzene rings is 1. The van der Waals surface area contributed by atoms with Crippen molar-refractivity contribution in [1.82, 2.24) is 0 Å². The average molecular weight is 277 g/mol. The normalized spacial score (nSPS) is 10.7. The predicted octanol–water partition coefficient (Wildman–Crippen LogP) is 3.97. The Bertz CT molecular complexity index is 408. The van der Waals surface area contributed by atoms with E-state index in [0.29, 0.717) is 24.3 Å². The molecule has 5 heteroatoms. The molecule has 0 spiro atoms. The Morgan fingerprint density at radius 3 is 2.72 bits per heavy atom. The maximum atomic E-state index is 12.9. The van der Waals surface area contributed by atoms with Crippen LogP contribution in [0.5, 0.6) is 0 Å². The summed E-state index contributed by atoms with van der Waals surface area (Å²) in [6.07, 6.45) is -1.58. The highest BCUT2D eigenvalue weighted by molar-refractivity contribution is 6.17. The Morgan fingerprint density at radius 2 is 2.17 bits per heavy atom. The summed E-state index contributed by atoms with van der Waals surface area (Å²) < 4.78 is 30.6. The fourth-order valence-corrected chi connectivity index (χ4v) is 1.85. The van der Waals surface area contributed by atoms with Crippen molar-refractivity contribution in [1.29, 1.82) is 0 Å². The number of carbonyl (C=O) groups excluding carboxylic acids is 1. The number of aryl methyl sites for hydroxylation is 1. The Labute approximate surface area is 110 Å². The Morgan fingerprint density at radius 1 is 1.44 bits per heavy atom. The van der Waals surface area contributed by atoms with E-state index in [1.54, 1.807) is 13.0 Å². The smallest absolute Gasteiger partial charge is 0.338 e. The molecule has 0 aromatic heterocycles. The predicted molar refractivity (Wildman–Crippen MR) is 66.4 cm³/mol. The Hall–Kier alpha value is -1.16. The molecule has 0 unspecified atom stereocenters. The van der Waals surface area contributed by atoms with Crippen molar-refractivity contribution in [3.05, 3.63) is 34.9 Å². The molecule has 0 heterocycles. The van der Waals surface area contributed by atoms with Gasteiger partial charge in [0, 0.05) is 11.4 Å². The number of hydrogen-bond donors (Lipinski definition) is 0. The molecule has 0 N–H and O–H groups in total. The van der Waals surface area contributed by atoms with Crippen molar-refractivity contribution in [3.63, 3.8) is 0 Å². The van der Waals surface area contributed by atoms with Gasteiger partial charge >= 0.3 is 5.97 Å². The third-order valence-electron chi connectivity index (χ3n) is 2.48.